The van der Waals surface area contributed by atoms with E-state index in [-0.39, 0.29) is 5.82 Å². The monoisotopic (exact) mass is 290 g/mol. The van der Waals surface area contributed by atoms with Crippen LogP contribution in [-0.2, 0) is 4.79 Å². The Labute approximate surface area is 121 Å². The van der Waals surface area contributed by atoms with Crippen molar-refractivity contribution in [2.45, 2.75) is 13.0 Å². The van der Waals surface area contributed by atoms with Crippen molar-refractivity contribution in [1.29, 1.82) is 0 Å². The van der Waals surface area contributed by atoms with E-state index in [0.717, 1.165) is 5.56 Å². The fourth-order valence-corrected chi connectivity index (χ4v) is 1.87. The Morgan fingerprint density at radius 2 is 1.86 bits per heavy atom. The Bertz CT molecular complexity index is 637. The summed E-state index contributed by atoms with van der Waals surface area (Å²) in [6.07, 6.45) is -0.931. The molecule has 0 aliphatic carbocycles. The Balaban J connectivity index is 2.27. The molecule has 0 radical (unpaired) electrons. The second-order valence-electron chi connectivity index (χ2n) is 4.47. The maximum absolute atomic E-state index is 13.4. The molecule has 0 bridgehead atoms. The Kier molecular flexibility index (Phi) is 4.42. The molecule has 2 aromatic carbocycles. The number of halogens is 1. The van der Waals surface area contributed by atoms with Gasteiger partial charge in [-0.1, -0.05) is 12.1 Å². The van der Waals surface area contributed by atoms with Gasteiger partial charge in [-0.25, -0.2) is 9.18 Å². The number of hydrogen-bond donors (Lipinski definition) is 1. The number of carboxylic acid groups (broad SMARTS) is 1. The summed E-state index contributed by atoms with van der Waals surface area (Å²) in [7, 11) is 1.52. The van der Waals surface area contributed by atoms with E-state index in [1.807, 2.05) is 0 Å². The van der Waals surface area contributed by atoms with Crippen molar-refractivity contribution in [2.24, 2.45) is 0 Å². The summed E-state index contributed by atoms with van der Waals surface area (Å²) in [6.45, 7) is 1.45. The van der Waals surface area contributed by atoms with Crippen molar-refractivity contribution in [3.05, 3.63) is 48.3 Å². The van der Waals surface area contributed by atoms with Crippen LogP contribution in [0.2, 0.25) is 0 Å². The van der Waals surface area contributed by atoms with Crippen LogP contribution in [0.1, 0.15) is 6.92 Å². The third-order valence-corrected chi connectivity index (χ3v) is 2.99. The average Bonchev–Trinajstić information content (AvgIpc) is 2.48. The second-order valence-corrected chi connectivity index (χ2v) is 4.47. The minimum atomic E-state index is -1.04. The molecule has 0 saturated heterocycles. The highest BCUT2D eigenvalue weighted by atomic mass is 19.1. The van der Waals surface area contributed by atoms with Gasteiger partial charge in [-0.3, -0.25) is 0 Å². The molecule has 0 spiro atoms. The third kappa shape index (κ3) is 3.51. The zero-order chi connectivity index (χ0) is 15.4. The van der Waals surface area contributed by atoms with Gasteiger partial charge in [0.2, 0.25) is 0 Å². The molecule has 0 aliphatic rings. The molecule has 0 amide bonds. The van der Waals surface area contributed by atoms with Crippen LogP contribution in [0.5, 0.6) is 11.5 Å². The SMILES string of the molecule is COc1ccc(F)cc1-c1ccc(OC(C)C(=O)O)cc1. The van der Waals surface area contributed by atoms with E-state index in [1.165, 1.54) is 26.2 Å². The highest BCUT2D eigenvalue weighted by Crippen LogP contribution is 2.31. The van der Waals surface area contributed by atoms with Gasteiger partial charge in [0.25, 0.3) is 0 Å². The average molecular weight is 290 g/mol. The van der Waals surface area contributed by atoms with Crippen molar-refractivity contribution in [3.8, 4) is 22.6 Å². The summed E-state index contributed by atoms with van der Waals surface area (Å²) in [5.41, 5.74) is 1.37. The molecular weight excluding hydrogens is 275 g/mol. The maximum Gasteiger partial charge on any atom is 0.344 e. The van der Waals surface area contributed by atoms with Gasteiger partial charge in [-0.2, -0.15) is 0 Å². The van der Waals surface area contributed by atoms with E-state index in [4.69, 9.17) is 14.6 Å². The predicted octanol–water partition coefficient (Wildman–Crippen LogP) is 3.35. The van der Waals surface area contributed by atoms with Gasteiger partial charge in [-0.05, 0) is 42.8 Å². The van der Waals surface area contributed by atoms with Gasteiger partial charge in [-0.15, -0.1) is 0 Å². The van der Waals surface area contributed by atoms with Crippen LogP contribution in [0.4, 0.5) is 4.39 Å². The summed E-state index contributed by atoms with van der Waals surface area (Å²) in [6, 6.07) is 11.0. The van der Waals surface area contributed by atoms with Crippen LogP contribution in [-0.4, -0.2) is 24.3 Å². The number of carboxylic acids is 1. The minimum Gasteiger partial charge on any atom is -0.496 e. The summed E-state index contributed by atoms with van der Waals surface area (Å²) < 4.78 is 23.8. The van der Waals surface area contributed by atoms with Gasteiger partial charge in [0.15, 0.2) is 6.10 Å². The number of hydrogen-bond acceptors (Lipinski definition) is 3. The third-order valence-electron chi connectivity index (χ3n) is 2.99. The van der Waals surface area contributed by atoms with E-state index in [1.54, 1.807) is 30.3 Å². The van der Waals surface area contributed by atoms with Crippen LogP contribution in [0.3, 0.4) is 0 Å². The standard InChI is InChI=1S/C16H15FO4/c1-10(16(18)19)21-13-6-3-11(4-7-13)14-9-12(17)5-8-15(14)20-2/h3-10H,1-2H3,(H,18,19). The molecule has 5 heteroatoms. The van der Waals surface area contributed by atoms with Gasteiger partial charge < -0.3 is 14.6 Å². The van der Waals surface area contributed by atoms with Gasteiger partial charge in [0, 0.05) is 5.56 Å². The number of ether oxygens (including phenoxy) is 2. The first-order chi connectivity index (χ1) is 10.0. The van der Waals surface area contributed by atoms with Crippen LogP contribution in [0.25, 0.3) is 11.1 Å². The lowest BCUT2D eigenvalue weighted by Gasteiger charge is -2.12. The topological polar surface area (TPSA) is 55.8 Å². The van der Waals surface area contributed by atoms with Crippen molar-refractivity contribution in [1.82, 2.24) is 0 Å². The molecule has 110 valence electrons. The van der Waals surface area contributed by atoms with E-state index in [9.17, 15) is 9.18 Å². The Morgan fingerprint density at radius 3 is 2.43 bits per heavy atom. The number of carbonyl (C=O) groups is 1. The summed E-state index contributed by atoms with van der Waals surface area (Å²) in [5, 5.41) is 8.79. The number of benzene rings is 2. The van der Waals surface area contributed by atoms with Gasteiger partial charge >= 0.3 is 5.97 Å². The molecule has 1 unspecified atom stereocenters. The summed E-state index contributed by atoms with van der Waals surface area (Å²) >= 11 is 0. The van der Waals surface area contributed by atoms with Crippen molar-refractivity contribution < 1.29 is 23.8 Å². The molecule has 0 aromatic heterocycles. The van der Waals surface area contributed by atoms with Crippen LogP contribution >= 0.6 is 0 Å². The van der Waals surface area contributed by atoms with Crippen LogP contribution < -0.4 is 9.47 Å². The zero-order valence-electron chi connectivity index (χ0n) is 11.7. The molecule has 21 heavy (non-hydrogen) atoms. The molecule has 2 rings (SSSR count). The lowest BCUT2D eigenvalue weighted by atomic mass is 10.0. The highest BCUT2D eigenvalue weighted by molar-refractivity contribution is 5.73. The van der Waals surface area contributed by atoms with Crippen molar-refractivity contribution in [3.63, 3.8) is 0 Å². The molecule has 0 fully saturated rings. The fraction of sp³-hybridized carbons (Fsp3) is 0.188. The first-order valence-electron chi connectivity index (χ1n) is 6.34. The largest absolute Gasteiger partial charge is 0.496 e. The Hall–Kier alpha value is -2.56. The number of aliphatic carboxylic acids is 1. The highest BCUT2D eigenvalue weighted by Gasteiger charge is 2.13. The van der Waals surface area contributed by atoms with Crippen molar-refractivity contribution >= 4 is 5.97 Å². The second kappa shape index (κ2) is 6.26. The first-order valence-corrected chi connectivity index (χ1v) is 6.34. The lowest BCUT2D eigenvalue weighted by molar-refractivity contribution is -0.144. The van der Waals surface area contributed by atoms with Crippen molar-refractivity contribution in [2.75, 3.05) is 7.11 Å². The van der Waals surface area contributed by atoms with Crippen LogP contribution in [0, 0.1) is 5.82 Å². The first kappa shape index (κ1) is 14.8. The molecule has 0 saturated carbocycles. The van der Waals surface area contributed by atoms with E-state index >= 15 is 0 Å². The smallest absolute Gasteiger partial charge is 0.344 e. The summed E-state index contributed by atoms with van der Waals surface area (Å²) in [5.74, 6) is -0.399. The molecule has 4 nitrogen and oxygen atoms in total. The predicted molar refractivity (Wildman–Crippen MR) is 76.1 cm³/mol. The fourth-order valence-electron chi connectivity index (χ4n) is 1.87. The Morgan fingerprint density at radius 1 is 1.19 bits per heavy atom. The summed E-state index contributed by atoms with van der Waals surface area (Å²) in [4.78, 5) is 10.7. The van der Waals surface area contributed by atoms with Gasteiger partial charge in [0.05, 0.1) is 7.11 Å². The molecule has 2 aromatic rings. The number of rotatable bonds is 5. The minimum absolute atomic E-state index is 0.356. The normalized spacial score (nSPS) is 11.8. The van der Waals surface area contributed by atoms with Gasteiger partial charge in [0.1, 0.15) is 17.3 Å². The van der Waals surface area contributed by atoms with Crippen LogP contribution in [0.15, 0.2) is 42.5 Å². The van der Waals surface area contributed by atoms with E-state index in [2.05, 4.69) is 0 Å². The lowest BCUT2D eigenvalue weighted by Crippen LogP contribution is -2.22. The van der Waals surface area contributed by atoms with E-state index in [0.29, 0.717) is 17.1 Å². The molecule has 1 N–H and O–H groups in total. The molecule has 1 atom stereocenters. The number of methoxy groups -OCH3 is 1. The molecular formula is C16H15FO4. The molecule has 0 heterocycles. The zero-order valence-corrected chi connectivity index (χ0v) is 11.7. The quantitative estimate of drug-likeness (QED) is 0.917. The van der Waals surface area contributed by atoms with E-state index < -0.39 is 12.1 Å². The maximum atomic E-state index is 13.4. The molecule has 0 aliphatic heterocycles.